The summed E-state index contributed by atoms with van der Waals surface area (Å²) in [4.78, 5) is 24.5. The minimum atomic E-state index is -1.46. The lowest BCUT2D eigenvalue weighted by atomic mass is 10.3. The highest BCUT2D eigenvalue weighted by Crippen LogP contribution is 2.08. The molecule has 0 aliphatic heterocycles. The molecule has 0 atom stereocenters. The molecule has 0 bridgehead atoms. The van der Waals surface area contributed by atoms with Crippen molar-refractivity contribution >= 4 is 23.1 Å². The molecule has 0 saturated heterocycles. The fourth-order valence-corrected chi connectivity index (χ4v) is 1.17. The molecule has 0 unspecified atom stereocenters. The number of Topliss-reactive ketones (excluding diaryl/α,β-unsaturated/α-hetero) is 1. The average molecular weight is 171 g/mol. The van der Waals surface area contributed by atoms with Crippen LogP contribution in [-0.2, 0) is 4.79 Å². The van der Waals surface area contributed by atoms with Crippen LogP contribution in [0.3, 0.4) is 0 Å². The Morgan fingerprint density at radius 1 is 1.64 bits per heavy atom. The van der Waals surface area contributed by atoms with Crippen molar-refractivity contribution < 1.29 is 14.7 Å². The van der Waals surface area contributed by atoms with E-state index in [0.717, 1.165) is 0 Å². The fraction of sp³-hybridized carbons (Fsp3) is 0.167. The summed E-state index contributed by atoms with van der Waals surface area (Å²) >= 11 is 1.25. The van der Waals surface area contributed by atoms with Gasteiger partial charge in [-0.2, -0.15) is 0 Å². The molecule has 0 saturated carbocycles. The Morgan fingerprint density at radius 3 is 2.64 bits per heavy atom. The first kappa shape index (κ1) is 7.87. The first-order chi connectivity index (χ1) is 5.11. The molecule has 1 heterocycles. The van der Waals surface area contributed by atoms with Crippen molar-refractivity contribution in [3.8, 4) is 0 Å². The summed E-state index contributed by atoms with van der Waals surface area (Å²) in [6.45, 7) is 1.71. The molecule has 0 aromatic carbocycles. The third-order valence-electron chi connectivity index (χ3n) is 1.05. The van der Waals surface area contributed by atoms with E-state index in [9.17, 15) is 9.59 Å². The third-order valence-corrected chi connectivity index (χ3v) is 1.82. The Morgan fingerprint density at radius 2 is 2.27 bits per heavy atom. The first-order valence-electron chi connectivity index (χ1n) is 2.81. The van der Waals surface area contributed by atoms with Gasteiger partial charge in [-0.25, -0.2) is 9.78 Å². The Balaban J connectivity index is 2.94. The quantitative estimate of drug-likeness (QED) is 0.526. The van der Waals surface area contributed by atoms with Crippen LogP contribution in [-0.4, -0.2) is 21.8 Å². The van der Waals surface area contributed by atoms with Gasteiger partial charge in [-0.05, 0) is 6.92 Å². The number of carbonyl (C=O) groups is 2. The van der Waals surface area contributed by atoms with Crippen LogP contribution < -0.4 is 0 Å². The Kier molecular flexibility index (Phi) is 2.00. The number of thiazole rings is 1. The van der Waals surface area contributed by atoms with Crippen LogP contribution in [0.5, 0.6) is 0 Å². The van der Waals surface area contributed by atoms with Crippen LogP contribution in [0.2, 0.25) is 0 Å². The second-order valence-electron chi connectivity index (χ2n) is 1.89. The van der Waals surface area contributed by atoms with Gasteiger partial charge in [-0.1, -0.05) is 0 Å². The van der Waals surface area contributed by atoms with Gasteiger partial charge in [0.25, 0.3) is 5.78 Å². The van der Waals surface area contributed by atoms with E-state index in [-0.39, 0.29) is 5.69 Å². The largest absolute Gasteiger partial charge is 0.475 e. The number of carboxylic acid groups (broad SMARTS) is 1. The Hall–Kier alpha value is -1.23. The number of hydrogen-bond acceptors (Lipinski definition) is 4. The van der Waals surface area contributed by atoms with Crippen molar-refractivity contribution in [3.05, 3.63) is 16.1 Å². The predicted octanol–water partition coefficient (Wildman–Crippen LogP) is 0.719. The van der Waals surface area contributed by atoms with Gasteiger partial charge in [-0.15, -0.1) is 11.3 Å². The molecule has 0 aliphatic rings. The van der Waals surface area contributed by atoms with Gasteiger partial charge < -0.3 is 5.11 Å². The van der Waals surface area contributed by atoms with Crippen molar-refractivity contribution in [3.63, 3.8) is 0 Å². The predicted molar refractivity (Wildman–Crippen MR) is 38.8 cm³/mol. The molecule has 11 heavy (non-hydrogen) atoms. The normalized spacial score (nSPS) is 9.55. The number of ketones is 1. The topological polar surface area (TPSA) is 67.3 Å². The van der Waals surface area contributed by atoms with Crippen LogP contribution in [0.25, 0.3) is 0 Å². The lowest BCUT2D eigenvalue weighted by Crippen LogP contribution is -2.12. The Bertz CT molecular complexity index is 305. The third kappa shape index (κ3) is 1.62. The lowest BCUT2D eigenvalue weighted by Gasteiger charge is -1.85. The van der Waals surface area contributed by atoms with E-state index in [4.69, 9.17) is 5.11 Å². The van der Waals surface area contributed by atoms with Gasteiger partial charge >= 0.3 is 5.97 Å². The van der Waals surface area contributed by atoms with E-state index in [1.165, 1.54) is 16.7 Å². The van der Waals surface area contributed by atoms with Crippen molar-refractivity contribution in [1.29, 1.82) is 0 Å². The van der Waals surface area contributed by atoms with E-state index >= 15 is 0 Å². The van der Waals surface area contributed by atoms with Crippen molar-refractivity contribution in [2.45, 2.75) is 6.92 Å². The molecule has 0 amide bonds. The lowest BCUT2D eigenvalue weighted by molar-refractivity contribution is -0.131. The summed E-state index contributed by atoms with van der Waals surface area (Å²) in [5, 5.41) is 10.4. The van der Waals surface area contributed by atoms with E-state index < -0.39 is 11.8 Å². The highest BCUT2D eigenvalue weighted by Gasteiger charge is 2.16. The maximum Gasteiger partial charge on any atom is 0.378 e. The summed E-state index contributed by atoms with van der Waals surface area (Å²) < 4.78 is 0. The number of rotatable bonds is 2. The van der Waals surface area contributed by atoms with Crippen LogP contribution >= 0.6 is 11.3 Å². The van der Waals surface area contributed by atoms with Gasteiger partial charge in [0, 0.05) is 5.38 Å². The number of aliphatic carboxylic acids is 1. The second-order valence-corrected chi connectivity index (χ2v) is 2.95. The van der Waals surface area contributed by atoms with Crippen molar-refractivity contribution in [2.24, 2.45) is 0 Å². The molecule has 1 N–H and O–H groups in total. The van der Waals surface area contributed by atoms with Crippen LogP contribution in [0, 0.1) is 6.92 Å². The first-order valence-corrected chi connectivity index (χ1v) is 3.69. The molecule has 4 nitrogen and oxygen atoms in total. The Labute approximate surface area is 66.5 Å². The summed E-state index contributed by atoms with van der Waals surface area (Å²) in [7, 11) is 0. The zero-order chi connectivity index (χ0) is 8.43. The fourth-order valence-electron chi connectivity index (χ4n) is 0.577. The number of carboxylic acids is 1. The number of aryl methyl sites for hydroxylation is 1. The van der Waals surface area contributed by atoms with Gasteiger partial charge in [0.2, 0.25) is 0 Å². The molecular weight excluding hydrogens is 166 g/mol. The van der Waals surface area contributed by atoms with Gasteiger partial charge in [0.15, 0.2) is 0 Å². The molecule has 1 aromatic rings. The van der Waals surface area contributed by atoms with Gasteiger partial charge in [-0.3, -0.25) is 4.79 Å². The number of carbonyl (C=O) groups excluding carboxylic acids is 1. The van der Waals surface area contributed by atoms with E-state index in [1.807, 2.05) is 0 Å². The molecule has 1 aromatic heterocycles. The van der Waals surface area contributed by atoms with Crippen LogP contribution in [0.15, 0.2) is 5.38 Å². The van der Waals surface area contributed by atoms with Crippen LogP contribution in [0.4, 0.5) is 0 Å². The maximum atomic E-state index is 10.7. The second kappa shape index (κ2) is 2.79. The summed E-state index contributed by atoms with van der Waals surface area (Å²) in [6, 6.07) is 0. The number of nitrogens with zero attached hydrogens (tertiary/aromatic N) is 1. The minimum Gasteiger partial charge on any atom is -0.475 e. The molecule has 0 fully saturated rings. The molecule has 5 heteroatoms. The smallest absolute Gasteiger partial charge is 0.378 e. The maximum absolute atomic E-state index is 10.7. The van der Waals surface area contributed by atoms with Crippen molar-refractivity contribution in [1.82, 2.24) is 4.98 Å². The van der Waals surface area contributed by atoms with E-state index in [1.54, 1.807) is 6.92 Å². The zero-order valence-electron chi connectivity index (χ0n) is 5.70. The summed E-state index contributed by atoms with van der Waals surface area (Å²) in [5.41, 5.74) is 0.0139. The summed E-state index contributed by atoms with van der Waals surface area (Å²) in [5.74, 6) is -2.41. The minimum absolute atomic E-state index is 0.0139. The highest BCUT2D eigenvalue weighted by molar-refractivity contribution is 7.09. The molecule has 58 valence electrons. The highest BCUT2D eigenvalue weighted by atomic mass is 32.1. The standard InChI is InChI=1S/C6H5NO3S/c1-3-7-4(2-11-3)5(8)6(9)10/h2H,1H3,(H,9,10). The van der Waals surface area contributed by atoms with Gasteiger partial charge in [0.1, 0.15) is 5.69 Å². The molecule has 1 rings (SSSR count). The van der Waals surface area contributed by atoms with Crippen molar-refractivity contribution in [2.75, 3.05) is 0 Å². The molecule has 0 spiro atoms. The summed E-state index contributed by atoms with van der Waals surface area (Å²) in [6.07, 6.45) is 0. The van der Waals surface area contributed by atoms with E-state index in [0.29, 0.717) is 5.01 Å². The van der Waals surface area contributed by atoms with Crippen LogP contribution in [0.1, 0.15) is 15.5 Å². The molecular formula is C6H5NO3S. The zero-order valence-corrected chi connectivity index (χ0v) is 6.51. The molecule has 0 radical (unpaired) electrons. The monoisotopic (exact) mass is 171 g/mol. The molecule has 0 aliphatic carbocycles. The van der Waals surface area contributed by atoms with Gasteiger partial charge in [0.05, 0.1) is 5.01 Å². The number of aromatic nitrogens is 1. The van der Waals surface area contributed by atoms with E-state index in [2.05, 4.69) is 4.98 Å². The average Bonchev–Trinajstić information content (AvgIpc) is 2.34. The SMILES string of the molecule is Cc1nc(C(=O)C(=O)O)cs1. The number of hydrogen-bond donors (Lipinski definition) is 1.